The van der Waals surface area contributed by atoms with Crippen LogP contribution in [0.15, 0.2) is 42.5 Å². The molecule has 3 rings (SSSR count). The standard InChI is InChI=1S/C19H24O/c1-5-6-14-8-9-15-16-11-13(2)7-10-17(16)19(3,4)20-18(15)12-14/h5,8-9,11-12,16-17H,1,6-7,10H2,2-4H3/t16-,17+/m0/s1. The maximum atomic E-state index is 6.35. The third-order valence-corrected chi connectivity index (χ3v) is 4.83. The van der Waals surface area contributed by atoms with Crippen molar-refractivity contribution in [3.8, 4) is 5.75 Å². The Balaban J connectivity index is 2.08. The molecule has 0 amide bonds. The topological polar surface area (TPSA) is 9.23 Å². The van der Waals surface area contributed by atoms with Crippen LogP contribution in [0.25, 0.3) is 0 Å². The van der Waals surface area contributed by atoms with Gasteiger partial charge in [-0.1, -0.05) is 29.9 Å². The Kier molecular flexibility index (Phi) is 3.24. The molecule has 0 radical (unpaired) electrons. The summed E-state index contributed by atoms with van der Waals surface area (Å²) < 4.78 is 6.35. The maximum Gasteiger partial charge on any atom is 0.124 e. The van der Waals surface area contributed by atoms with Crippen LogP contribution in [0.3, 0.4) is 0 Å². The molecule has 0 fully saturated rings. The van der Waals surface area contributed by atoms with Crippen molar-refractivity contribution in [2.24, 2.45) is 5.92 Å². The Morgan fingerprint density at radius 1 is 1.40 bits per heavy atom. The molecule has 0 saturated heterocycles. The Hall–Kier alpha value is -1.50. The van der Waals surface area contributed by atoms with Crippen molar-refractivity contribution in [2.75, 3.05) is 0 Å². The Morgan fingerprint density at radius 3 is 2.95 bits per heavy atom. The Morgan fingerprint density at radius 2 is 2.20 bits per heavy atom. The number of hydrogen-bond acceptors (Lipinski definition) is 1. The van der Waals surface area contributed by atoms with Gasteiger partial charge in [-0.05, 0) is 51.7 Å². The second-order valence-corrected chi connectivity index (χ2v) is 6.75. The van der Waals surface area contributed by atoms with E-state index >= 15 is 0 Å². The van der Waals surface area contributed by atoms with Crippen LogP contribution in [-0.2, 0) is 6.42 Å². The predicted molar refractivity (Wildman–Crippen MR) is 84.3 cm³/mol. The molecule has 106 valence electrons. The summed E-state index contributed by atoms with van der Waals surface area (Å²) in [7, 11) is 0. The minimum atomic E-state index is -0.0817. The number of allylic oxidation sites excluding steroid dienone is 3. The fraction of sp³-hybridized carbons (Fsp3) is 0.474. The van der Waals surface area contributed by atoms with Gasteiger partial charge in [0, 0.05) is 17.4 Å². The van der Waals surface area contributed by atoms with Crippen LogP contribution in [-0.4, -0.2) is 5.60 Å². The zero-order chi connectivity index (χ0) is 14.3. The smallest absolute Gasteiger partial charge is 0.124 e. The lowest BCUT2D eigenvalue weighted by atomic mass is 9.68. The highest BCUT2D eigenvalue weighted by atomic mass is 16.5. The van der Waals surface area contributed by atoms with E-state index in [1.54, 1.807) is 0 Å². The van der Waals surface area contributed by atoms with E-state index in [4.69, 9.17) is 4.74 Å². The lowest BCUT2D eigenvalue weighted by Crippen LogP contribution is -2.45. The van der Waals surface area contributed by atoms with Crippen molar-refractivity contribution in [2.45, 2.75) is 51.6 Å². The van der Waals surface area contributed by atoms with E-state index < -0.39 is 0 Å². The van der Waals surface area contributed by atoms with Crippen LogP contribution in [0, 0.1) is 5.92 Å². The van der Waals surface area contributed by atoms with Crippen LogP contribution in [0.2, 0.25) is 0 Å². The van der Waals surface area contributed by atoms with Crippen LogP contribution in [0.1, 0.15) is 50.7 Å². The highest BCUT2D eigenvalue weighted by molar-refractivity contribution is 5.46. The first-order valence-electron chi connectivity index (χ1n) is 7.61. The average molecular weight is 268 g/mol. The summed E-state index contributed by atoms with van der Waals surface area (Å²) in [5, 5.41) is 0. The van der Waals surface area contributed by atoms with E-state index in [-0.39, 0.29) is 5.60 Å². The van der Waals surface area contributed by atoms with E-state index in [1.807, 2.05) is 6.08 Å². The second-order valence-electron chi connectivity index (χ2n) is 6.75. The van der Waals surface area contributed by atoms with Crippen LogP contribution in [0.4, 0.5) is 0 Å². The van der Waals surface area contributed by atoms with Crippen molar-refractivity contribution in [3.05, 3.63) is 53.6 Å². The SMILES string of the molecule is C=CCc1ccc2c(c1)OC(C)(C)[C@@H]1CCC(C)=C[C@@H]21. The third kappa shape index (κ3) is 2.19. The summed E-state index contributed by atoms with van der Waals surface area (Å²) in [5.41, 5.74) is 4.08. The number of ether oxygens (including phenoxy) is 1. The third-order valence-electron chi connectivity index (χ3n) is 4.83. The first-order valence-corrected chi connectivity index (χ1v) is 7.61. The Labute approximate surface area is 122 Å². The number of benzene rings is 1. The molecule has 1 aliphatic heterocycles. The number of fused-ring (bicyclic) bond motifs is 3. The van der Waals surface area contributed by atoms with Crippen molar-refractivity contribution in [1.82, 2.24) is 0 Å². The van der Waals surface area contributed by atoms with Crippen molar-refractivity contribution < 1.29 is 4.74 Å². The van der Waals surface area contributed by atoms with Crippen LogP contribution >= 0.6 is 0 Å². The largest absolute Gasteiger partial charge is 0.487 e. The lowest BCUT2D eigenvalue weighted by molar-refractivity contribution is 0.0116. The van der Waals surface area contributed by atoms with E-state index in [0.29, 0.717) is 11.8 Å². The molecule has 1 aromatic carbocycles. The van der Waals surface area contributed by atoms with Gasteiger partial charge in [0.25, 0.3) is 0 Å². The average Bonchev–Trinajstić information content (AvgIpc) is 2.37. The van der Waals surface area contributed by atoms with Gasteiger partial charge in [0.15, 0.2) is 0 Å². The van der Waals surface area contributed by atoms with Gasteiger partial charge in [0.2, 0.25) is 0 Å². The van der Waals surface area contributed by atoms with E-state index in [2.05, 4.69) is 51.6 Å². The zero-order valence-electron chi connectivity index (χ0n) is 12.8. The van der Waals surface area contributed by atoms with Gasteiger partial charge < -0.3 is 4.74 Å². The van der Waals surface area contributed by atoms with Crippen LogP contribution in [0.5, 0.6) is 5.75 Å². The molecule has 2 aliphatic rings. The van der Waals surface area contributed by atoms with E-state index in [1.165, 1.54) is 29.5 Å². The summed E-state index contributed by atoms with van der Waals surface area (Å²) in [6.07, 6.45) is 7.75. The molecule has 0 aromatic heterocycles. The quantitative estimate of drug-likeness (QED) is 0.684. The molecule has 20 heavy (non-hydrogen) atoms. The normalized spacial score (nSPS) is 26.9. The molecule has 1 aromatic rings. The zero-order valence-corrected chi connectivity index (χ0v) is 12.8. The molecule has 0 bridgehead atoms. The second kappa shape index (κ2) is 4.80. The van der Waals surface area contributed by atoms with Gasteiger partial charge in [-0.2, -0.15) is 0 Å². The minimum absolute atomic E-state index is 0.0817. The number of hydrogen-bond donors (Lipinski definition) is 0. The summed E-state index contributed by atoms with van der Waals surface area (Å²) >= 11 is 0. The predicted octanol–water partition coefficient (Wildman–Crippen LogP) is 5.03. The van der Waals surface area contributed by atoms with Crippen LogP contribution < -0.4 is 4.74 Å². The molecular weight excluding hydrogens is 244 g/mol. The molecular formula is C19H24O. The molecule has 0 saturated carbocycles. The highest BCUT2D eigenvalue weighted by Gasteiger charge is 2.43. The lowest BCUT2D eigenvalue weighted by Gasteiger charge is -2.46. The van der Waals surface area contributed by atoms with Gasteiger partial charge >= 0.3 is 0 Å². The molecule has 0 unspecified atom stereocenters. The van der Waals surface area contributed by atoms with Gasteiger partial charge in [-0.15, -0.1) is 6.58 Å². The monoisotopic (exact) mass is 268 g/mol. The molecule has 1 aliphatic carbocycles. The van der Waals surface area contributed by atoms with Gasteiger partial charge in [0.1, 0.15) is 11.4 Å². The van der Waals surface area contributed by atoms with Crippen molar-refractivity contribution in [1.29, 1.82) is 0 Å². The summed E-state index contributed by atoms with van der Waals surface area (Å²) in [6.45, 7) is 10.6. The molecule has 0 N–H and O–H groups in total. The molecule has 2 atom stereocenters. The van der Waals surface area contributed by atoms with Gasteiger partial charge in [-0.3, -0.25) is 0 Å². The molecule has 0 spiro atoms. The van der Waals surface area contributed by atoms with Crippen molar-refractivity contribution >= 4 is 0 Å². The van der Waals surface area contributed by atoms with Crippen molar-refractivity contribution in [3.63, 3.8) is 0 Å². The van der Waals surface area contributed by atoms with E-state index in [9.17, 15) is 0 Å². The fourth-order valence-corrected chi connectivity index (χ4v) is 3.75. The molecule has 1 nitrogen and oxygen atoms in total. The molecule has 1 heteroatoms. The summed E-state index contributed by atoms with van der Waals surface area (Å²) in [5.74, 6) is 2.17. The Bertz CT molecular complexity index is 565. The van der Waals surface area contributed by atoms with Gasteiger partial charge in [0.05, 0.1) is 0 Å². The van der Waals surface area contributed by atoms with E-state index in [0.717, 1.165) is 12.2 Å². The first kappa shape index (κ1) is 13.5. The summed E-state index contributed by atoms with van der Waals surface area (Å²) in [4.78, 5) is 0. The number of rotatable bonds is 2. The molecule has 1 heterocycles. The fourth-order valence-electron chi connectivity index (χ4n) is 3.75. The highest BCUT2D eigenvalue weighted by Crippen LogP contribution is 2.50. The first-order chi connectivity index (χ1) is 9.51. The minimum Gasteiger partial charge on any atom is -0.487 e. The summed E-state index contributed by atoms with van der Waals surface area (Å²) in [6, 6.07) is 6.68. The maximum absolute atomic E-state index is 6.35. The van der Waals surface area contributed by atoms with Gasteiger partial charge in [-0.25, -0.2) is 0 Å².